The number of aliphatic hydroxyl groups is 2. The largest absolute Gasteiger partial charge is 0.481 e. The van der Waals surface area contributed by atoms with Crippen molar-refractivity contribution < 1.29 is 77.8 Å². The number of aromatic nitrogens is 2. The molecule has 9 N–H and O–H groups in total. The number of halogens is 5. The number of nitrogens with two attached hydrogens (primary N) is 1. The number of thiazole rings is 2. The normalized spacial score (nSPS) is 11.9. The number of benzene rings is 8. The van der Waals surface area contributed by atoms with Crippen molar-refractivity contribution in [2.24, 2.45) is 5.73 Å². The maximum Gasteiger partial charge on any atom is 0.340 e. The molecule has 102 heavy (non-hydrogen) atoms. The topological polar surface area (TPSA) is 332 Å². The number of carbonyl (C=O) groups excluding carboxylic acids is 5. The molecule has 0 spiro atoms. The third-order valence-corrected chi connectivity index (χ3v) is 18.3. The van der Waals surface area contributed by atoms with Gasteiger partial charge in [0.05, 0.1) is 61.4 Å². The van der Waals surface area contributed by atoms with Crippen molar-refractivity contribution in [1.82, 2.24) is 9.97 Å². The first kappa shape index (κ1) is 81.7. The molecule has 0 fully saturated rings. The number of Topliss-reactive ketones (excluding diaryl/α,β-unsaturated/α-hetero) is 1. The van der Waals surface area contributed by atoms with E-state index in [1.165, 1.54) is 55.1 Å². The van der Waals surface area contributed by atoms with Crippen molar-refractivity contribution in [3.05, 3.63) is 302 Å². The molecule has 10 aromatic rings. The quantitative estimate of drug-likeness (QED) is 0.0206. The van der Waals surface area contributed by atoms with Crippen molar-refractivity contribution in [3.63, 3.8) is 0 Å². The summed E-state index contributed by atoms with van der Waals surface area (Å²) in [4.78, 5) is 103. The van der Waals surface area contributed by atoms with Gasteiger partial charge < -0.3 is 51.4 Å². The number of esters is 2. The molecule has 0 saturated heterocycles. The summed E-state index contributed by atoms with van der Waals surface area (Å²) < 4.78 is 24.9. The Morgan fingerprint density at radius 1 is 0.490 bits per heavy atom. The van der Waals surface area contributed by atoms with Crippen molar-refractivity contribution >= 4 is 144 Å². The summed E-state index contributed by atoms with van der Waals surface area (Å²) in [7, 11) is 2.52. The first-order valence-corrected chi connectivity index (χ1v) is 35.7. The van der Waals surface area contributed by atoms with Crippen LogP contribution >= 0.6 is 86.4 Å². The van der Waals surface area contributed by atoms with Crippen molar-refractivity contribution in [2.75, 3.05) is 31.5 Å². The Bertz CT molecular complexity index is 4400. The first-order chi connectivity index (χ1) is 48.9. The van der Waals surface area contributed by atoms with Crippen LogP contribution in [-0.2, 0) is 47.9 Å². The molecule has 0 radical (unpaired) electrons. The van der Waals surface area contributed by atoms with Crippen LogP contribution in [0.4, 0.5) is 14.7 Å². The van der Waals surface area contributed by atoms with Crippen LogP contribution in [0.15, 0.2) is 235 Å². The Hall–Kier alpha value is -9.29. The van der Waals surface area contributed by atoms with Gasteiger partial charge in [-0.15, -0.1) is 22.7 Å². The number of ether oxygens (including phenoxy) is 2. The lowest BCUT2D eigenvalue weighted by atomic mass is 9.87. The number of carboxylic acid groups (broad SMARTS) is 3. The van der Waals surface area contributed by atoms with Crippen LogP contribution in [0.5, 0.6) is 0 Å². The van der Waals surface area contributed by atoms with E-state index >= 15 is 0 Å². The maximum atomic E-state index is 13.1. The maximum absolute atomic E-state index is 13.1. The van der Waals surface area contributed by atoms with E-state index in [9.17, 15) is 58.1 Å². The van der Waals surface area contributed by atoms with Gasteiger partial charge in [0.1, 0.15) is 11.9 Å². The molecule has 10 rings (SSSR count). The number of amides is 2. The molecule has 5 atom stereocenters. The monoisotopic (exact) mass is 1680 g/mol. The molecule has 2 aromatic heterocycles. The van der Waals surface area contributed by atoms with E-state index in [4.69, 9.17) is 20.7 Å². The summed E-state index contributed by atoms with van der Waals surface area (Å²) in [6.45, 7) is -0.383. The number of nitrogens with one attached hydrogen (secondary N) is 2. The molecule has 5 unspecified atom stereocenters. The van der Waals surface area contributed by atoms with E-state index in [2.05, 4.69) is 89.1 Å². The van der Waals surface area contributed by atoms with Gasteiger partial charge in [-0.2, -0.15) is 0 Å². The lowest BCUT2D eigenvalue weighted by molar-refractivity contribution is -0.139. The highest BCUT2D eigenvalue weighted by Crippen LogP contribution is 2.31. The molecule has 0 saturated carbocycles. The van der Waals surface area contributed by atoms with Crippen molar-refractivity contribution in [3.8, 4) is 0 Å². The van der Waals surface area contributed by atoms with Crippen molar-refractivity contribution in [1.29, 1.82) is 0 Å². The molecule has 0 aliphatic heterocycles. The lowest BCUT2D eigenvalue weighted by Gasteiger charge is -2.19. The van der Waals surface area contributed by atoms with E-state index < -0.39 is 65.6 Å². The number of aliphatic hydroxyl groups excluding tert-OH is 2. The second kappa shape index (κ2) is 42.2. The van der Waals surface area contributed by atoms with E-state index in [0.29, 0.717) is 59.0 Å². The van der Waals surface area contributed by atoms with E-state index in [1.807, 2.05) is 84.9 Å². The summed E-state index contributed by atoms with van der Waals surface area (Å²) in [6.07, 6.45) is 3.42. The van der Waals surface area contributed by atoms with E-state index in [0.717, 1.165) is 25.6 Å². The minimum absolute atomic E-state index is 0.0631. The number of hydrogen-bond donors (Lipinski definition) is 8. The third-order valence-electron chi connectivity index (χ3n) is 15.0. The van der Waals surface area contributed by atoms with Crippen LogP contribution in [-0.4, -0.2) is 110 Å². The first-order valence-electron chi connectivity index (χ1n) is 30.8. The van der Waals surface area contributed by atoms with Crippen LogP contribution in [0.25, 0.3) is 0 Å². The third kappa shape index (κ3) is 26.0. The average molecular weight is 1680 g/mol. The Morgan fingerprint density at radius 2 is 0.853 bits per heavy atom. The predicted molar refractivity (Wildman–Crippen MR) is 402 cm³/mol. The minimum atomic E-state index is -1.02. The lowest BCUT2D eigenvalue weighted by Crippen LogP contribution is -2.24. The summed E-state index contributed by atoms with van der Waals surface area (Å²) in [5, 5.41) is 56.4. The number of carboxylic acids is 3. The fourth-order valence-electron chi connectivity index (χ4n) is 9.77. The molecule has 0 aliphatic rings. The van der Waals surface area contributed by atoms with Crippen LogP contribution in [0.1, 0.15) is 117 Å². The average Bonchev–Trinajstić information content (AvgIpc) is 1.13. The molecule has 8 aromatic carbocycles. The van der Waals surface area contributed by atoms with Gasteiger partial charge in [-0.3, -0.25) is 24.0 Å². The molecule has 0 bridgehead atoms. The Labute approximate surface area is 628 Å². The number of ketones is 1. The van der Waals surface area contributed by atoms with Crippen LogP contribution in [0, 0.1) is 5.82 Å². The SMILES string of the molecule is COC(=O)c1cc(Br)ccc1CC(C(=O)O)c1ccccc1.COC(=O)c1cc(Br)ccc1F.NC(C(=O)O)c1ccccc1.O=C(CCC(O)CO)c1cc(Br)ccc1CC(C(=O)Nc1nccs1)c1ccccc1.O=C(O)c1cc(Br)ccc1CC(C(=O)Nc1nccs1)c1ccccc1. The molecular formula is C75H68Br4FN5O15S2. The molecular weight excluding hydrogens is 1610 g/mol. The van der Waals surface area contributed by atoms with Gasteiger partial charge in [0.15, 0.2) is 16.0 Å². The van der Waals surface area contributed by atoms with E-state index in [1.54, 1.807) is 114 Å². The summed E-state index contributed by atoms with van der Waals surface area (Å²) in [6, 6.07) is 55.3. The fraction of sp³-hybridized carbons (Fsp3) is 0.173. The molecule has 20 nitrogen and oxygen atoms in total. The highest BCUT2D eigenvalue weighted by atomic mass is 79.9. The van der Waals surface area contributed by atoms with Gasteiger partial charge in [-0.25, -0.2) is 28.7 Å². The zero-order chi connectivity index (χ0) is 74.3. The van der Waals surface area contributed by atoms with Gasteiger partial charge in [0.2, 0.25) is 11.8 Å². The number of rotatable bonds is 24. The van der Waals surface area contributed by atoms with Crippen LogP contribution in [0.2, 0.25) is 0 Å². The van der Waals surface area contributed by atoms with Crippen LogP contribution in [0.3, 0.4) is 0 Å². The Morgan fingerprint density at radius 3 is 1.25 bits per heavy atom. The molecule has 530 valence electrons. The summed E-state index contributed by atoms with van der Waals surface area (Å²) >= 11 is 15.8. The molecule has 2 amide bonds. The fourth-order valence-corrected chi connectivity index (χ4v) is 12.3. The highest BCUT2D eigenvalue weighted by Gasteiger charge is 2.28. The number of anilines is 2. The minimum Gasteiger partial charge on any atom is -0.481 e. The Kier molecular flexibility index (Phi) is 33.8. The Balaban J connectivity index is 0.000000210. The van der Waals surface area contributed by atoms with Gasteiger partial charge >= 0.3 is 29.8 Å². The number of aromatic carboxylic acids is 1. The predicted octanol–water partition coefficient (Wildman–Crippen LogP) is 15.5. The summed E-state index contributed by atoms with van der Waals surface area (Å²) in [5.74, 6) is -6.99. The number of aliphatic carboxylic acids is 2. The zero-order valence-corrected chi connectivity index (χ0v) is 62.4. The second-order valence-corrected chi connectivity index (χ2v) is 27.3. The van der Waals surface area contributed by atoms with Crippen molar-refractivity contribution in [2.45, 2.75) is 62.0 Å². The zero-order valence-electron chi connectivity index (χ0n) is 54.4. The smallest absolute Gasteiger partial charge is 0.340 e. The number of carbonyl (C=O) groups is 8. The van der Waals surface area contributed by atoms with Gasteiger partial charge in [-0.05, 0) is 119 Å². The number of hydrogen-bond acceptors (Lipinski definition) is 17. The van der Waals surface area contributed by atoms with E-state index in [-0.39, 0.29) is 61.0 Å². The molecule has 2 heterocycles. The van der Waals surface area contributed by atoms with Gasteiger partial charge in [0, 0.05) is 53.0 Å². The molecule has 0 aliphatic carbocycles. The number of methoxy groups -OCH3 is 2. The van der Waals surface area contributed by atoms with Gasteiger partial charge in [-0.1, -0.05) is 203 Å². The highest BCUT2D eigenvalue weighted by molar-refractivity contribution is 9.11. The molecule has 27 heteroatoms. The summed E-state index contributed by atoms with van der Waals surface area (Å²) in [5.41, 5.74) is 11.3. The van der Waals surface area contributed by atoms with Gasteiger partial charge in [0.25, 0.3) is 0 Å². The standard InChI is InChI=1S/C23H23BrN2O4S.C19H15BrN2O3S.C17H15BrO4.C8H6BrFO2.C8H9NO2/c24-17-7-6-16(19(13-17)21(29)9-8-18(28)14-27)12-20(15-4-2-1-3-5-15)22(30)26-23-25-10-11-31-23;20-14-7-6-13(16(11-14)18(24)25)10-15(12-4-2-1-3-5-12)17(23)22-19-21-8-9-26-19;1-22-17(21)15-10-13(18)8-7-12(15)9-14(16(19)20)11-5-3-2-4-6-11;1-12-8(11)6-4-5(9)2-3-7(6)10;9-7(8(10)11)6-4-2-1-3-5-6/h1-7,10-11,13,18,20,27-28H,8-9,12,14H2,(H,25,26,30);1-9,11,15H,10H2,(H,24,25)(H,21,22,23);2-8,10,14H,9H2,1H3,(H,19,20);2-4H,1H3;1-5,7H,9H2,(H,10,11). The number of nitrogens with zero attached hydrogens (tertiary/aromatic N) is 2. The van der Waals surface area contributed by atoms with Crippen LogP contribution < -0.4 is 16.4 Å². The second-order valence-electron chi connectivity index (χ2n) is 21.8.